The molecule has 0 atom stereocenters. The molecule has 0 radical (unpaired) electrons. The Hall–Kier alpha value is -3.04. The molecular formula is C25H38O10. The number of hydrogen-bond donors (Lipinski definition) is 2. The molecule has 0 saturated heterocycles. The molecule has 0 fully saturated rings. The fourth-order valence-electron chi connectivity index (χ4n) is 3.19. The van der Waals surface area contributed by atoms with Crippen LogP contribution in [0.2, 0.25) is 0 Å². The first-order valence-electron chi connectivity index (χ1n) is 12.2. The van der Waals surface area contributed by atoms with Crippen molar-refractivity contribution in [3.63, 3.8) is 0 Å². The maximum Gasteiger partial charge on any atom is 0.341 e. The third-order valence-electron chi connectivity index (χ3n) is 5.12. The lowest BCUT2D eigenvalue weighted by molar-refractivity contribution is -0.162. The van der Waals surface area contributed by atoms with E-state index in [1.807, 2.05) is 0 Å². The number of ether oxygens (including phenoxy) is 2. The maximum absolute atomic E-state index is 11.9. The average Bonchev–Trinajstić information content (AvgIpc) is 2.76. The van der Waals surface area contributed by atoms with Crippen molar-refractivity contribution in [3.05, 3.63) is 12.2 Å². The van der Waals surface area contributed by atoms with Gasteiger partial charge in [0.2, 0.25) is 0 Å². The summed E-state index contributed by atoms with van der Waals surface area (Å²) in [5.41, 5.74) is -0.282. The molecule has 0 rings (SSSR count). The summed E-state index contributed by atoms with van der Waals surface area (Å²) in [5.74, 6) is -5.03. The van der Waals surface area contributed by atoms with Gasteiger partial charge in [0, 0.05) is 31.3 Å². The summed E-state index contributed by atoms with van der Waals surface area (Å²) in [7, 11) is 0. The average molecular weight is 499 g/mol. The molecule has 2 N–H and O–H groups in total. The highest BCUT2D eigenvalue weighted by Gasteiger charge is 2.19. The van der Waals surface area contributed by atoms with E-state index in [0.717, 1.165) is 51.4 Å². The number of aliphatic carboxylic acids is 2. The van der Waals surface area contributed by atoms with Crippen LogP contribution in [0.4, 0.5) is 0 Å². The number of carboxylic acid groups (broad SMARTS) is 2. The van der Waals surface area contributed by atoms with Gasteiger partial charge in [-0.1, -0.05) is 57.9 Å². The largest absolute Gasteiger partial charge is 0.481 e. The Labute approximate surface area is 206 Å². The van der Waals surface area contributed by atoms with E-state index in [4.69, 9.17) is 10.2 Å². The monoisotopic (exact) mass is 498 g/mol. The predicted octanol–water partition coefficient (Wildman–Crippen LogP) is 4.48. The number of esters is 4. The van der Waals surface area contributed by atoms with Crippen LogP contribution in [0.3, 0.4) is 0 Å². The van der Waals surface area contributed by atoms with E-state index in [0.29, 0.717) is 25.7 Å². The second-order valence-electron chi connectivity index (χ2n) is 8.42. The van der Waals surface area contributed by atoms with Crippen LogP contribution in [0, 0.1) is 0 Å². The van der Waals surface area contributed by atoms with Crippen molar-refractivity contribution in [3.8, 4) is 0 Å². The van der Waals surface area contributed by atoms with Gasteiger partial charge in [0.15, 0.2) is 0 Å². The van der Waals surface area contributed by atoms with Gasteiger partial charge in [-0.3, -0.25) is 24.0 Å². The normalized spacial score (nSPS) is 10.4. The van der Waals surface area contributed by atoms with E-state index in [9.17, 15) is 28.8 Å². The summed E-state index contributed by atoms with van der Waals surface area (Å²) < 4.78 is 9.31. The summed E-state index contributed by atoms with van der Waals surface area (Å²) >= 11 is 0. The molecule has 0 amide bonds. The van der Waals surface area contributed by atoms with Crippen molar-refractivity contribution in [2.45, 2.75) is 109 Å². The summed E-state index contributed by atoms with van der Waals surface area (Å²) in [6.07, 6.45) is 8.70. The topological polar surface area (TPSA) is 161 Å². The van der Waals surface area contributed by atoms with Gasteiger partial charge < -0.3 is 19.7 Å². The Balaban J connectivity index is 3.84. The zero-order chi connectivity index (χ0) is 26.5. The van der Waals surface area contributed by atoms with Crippen LogP contribution in [0.25, 0.3) is 0 Å². The minimum atomic E-state index is -1.03. The van der Waals surface area contributed by atoms with Gasteiger partial charge in [-0.05, 0) is 25.7 Å². The molecule has 35 heavy (non-hydrogen) atoms. The predicted molar refractivity (Wildman–Crippen MR) is 125 cm³/mol. The molecule has 198 valence electrons. The number of carbonyl (C=O) groups is 6. The zero-order valence-electron chi connectivity index (χ0n) is 20.4. The lowest BCUT2D eigenvalue weighted by Gasteiger charge is -2.06. The molecule has 10 nitrogen and oxygen atoms in total. The van der Waals surface area contributed by atoms with E-state index in [-0.39, 0.29) is 31.3 Å². The zero-order valence-corrected chi connectivity index (χ0v) is 20.4. The quantitative estimate of drug-likeness (QED) is 0.0998. The molecular weight excluding hydrogens is 460 g/mol. The molecule has 10 heteroatoms. The molecule has 0 saturated carbocycles. The van der Waals surface area contributed by atoms with Crippen LogP contribution >= 0.6 is 0 Å². The fraction of sp³-hybridized carbons (Fsp3) is 0.680. The Morgan fingerprint density at radius 2 is 0.829 bits per heavy atom. The molecule has 0 bridgehead atoms. The Morgan fingerprint density at radius 3 is 1.23 bits per heavy atom. The van der Waals surface area contributed by atoms with E-state index in [2.05, 4.69) is 16.1 Å². The highest BCUT2D eigenvalue weighted by molar-refractivity contribution is 6.00. The van der Waals surface area contributed by atoms with Crippen LogP contribution < -0.4 is 0 Å². The van der Waals surface area contributed by atoms with Gasteiger partial charge in [0.25, 0.3) is 0 Å². The second-order valence-corrected chi connectivity index (χ2v) is 8.42. The van der Waals surface area contributed by atoms with Crippen molar-refractivity contribution in [2.75, 3.05) is 0 Å². The molecule has 0 aliphatic rings. The van der Waals surface area contributed by atoms with Crippen molar-refractivity contribution in [1.82, 2.24) is 0 Å². The third-order valence-corrected chi connectivity index (χ3v) is 5.12. The Bertz CT molecular complexity index is 726. The van der Waals surface area contributed by atoms with Crippen LogP contribution in [0.15, 0.2) is 12.2 Å². The smallest absolute Gasteiger partial charge is 0.341 e. The number of carboxylic acids is 2. The van der Waals surface area contributed by atoms with Crippen molar-refractivity contribution in [2.24, 2.45) is 0 Å². The summed E-state index contributed by atoms with van der Waals surface area (Å²) in [4.78, 5) is 68.0. The molecule has 0 unspecified atom stereocenters. The second kappa shape index (κ2) is 20.3. The number of carbonyl (C=O) groups excluding carboxylic acids is 4. The van der Waals surface area contributed by atoms with Crippen molar-refractivity contribution < 1.29 is 48.5 Å². The molecule has 0 aromatic rings. The number of hydrogen-bond acceptors (Lipinski definition) is 8. The molecule has 0 aromatic heterocycles. The first-order valence-corrected chi connectivity index (χ1v) is 12.2. The highest BCUT2D eigenvalue weighted by atomic mass is 16.6. The molecule has 0 aromatic carbocycles. The number of unbranched alkanes of at least 4 members (excludes halogenated alkanes) is 10. The van der Waals surface area contributed by atoms with Gasteiger partial charge in [0.1, 0.15) is 0 Å². The molecule has 0 spiro atoms. The highest BCUT2D eigenvalue weighted by Crippen LogP contribution is 2.12. The van der Waals surface area contributed by atoms with E-state index < -0.39 is 42.2 Å². The first-order chi connectivity index (χ1) is 16.6. The fourth-order valence-corrected chi connectivity index (χ4v) is 3.19. The van der Waals surface area contributed by atoms with Crippen LogP contribution in [0.5, 0.6) is 0 Å². The molecule has 0 aliphatic heterocycles. The SMILES string of the molecule is C=C(CC(=O)OC(=O)CCCCCCCCC(=O)O)C(=O)OC(=O)CCCCCCCCC(=O)O. The van der Waals surface area contributed by atoms with Crippen LogP contribution in [0.1, 0.15) is 109 Å². The first kappa shape index (κ1) is 32.0. The number of rotatable bonds is 21. The van der Waals surface area contributed by atoms with Crippen LogP contribution in [-0.2, 0) is 38.2 Å². The summed E-state index contributed by atoms with van der Waals surface area (Å²) in [6.45, 7) is 3.41. The minimum absolute atomic E-state index is 0.0383. The molecule has 0 heterocycles. The summed E-state index contributed by atoms with van der Waals surface area (Å²) in [6, 6.07) is 0. The van der Waals surface area contributed by atoms with Gasteiger partial charge >= 0.3 is 35.8 Å². The van der Waals surface area contributed by atoms with E-state index >= 15 is 0 Å². The van der Waals surface area contributed by atoms with Gasteiger partial charge in [-0.25, -0.2) is 4.79 Å². The third kappa shape index (κ3) is 21.2. The maximum atomic E-state index is 11.9. The Kier molecular flexibility index (Phi) is 18.6. The Morgan fingerprint density at radius 1 is 0.486 bits per heavy atom. The lowest BCUT2D eigenvalue weighted by atomic mass is 10.1. The van der Waals surface area contributed by atoms with Crippen molar-refractivity contribution >= 4 is 35.8 Å². The minimum Gasteiger partial charge on any atom is -0.481 e. The van der Waals surface area contributed by atoms with Gasteiger partial charge in [-0.15, -0.1) is 0 Å². The van der Waals surface area contributed by atoms with E-state index in [1.54, 1.807) is 0 Å². The van der Waals surface area contributed by atoms with Crippen LogP contribution in [-0.4, -0.2) is 46.0 Å². The molecule has 0 aliphatic carbocycles. The summed E-state index contributed by atoms with van der Waals surface area (Å²) in [5, 5.41) is 17.1. The van der Waals surface area contributed by atoms with Gasteiger partial charge in [-0.2, -0.15) is 0 Å². The lowest BCUT2D eigenvalue weighted by Crippen LogP contribution is -2.18. The van der Waals surface area contributed by atoms with Gasteiger partial charge in [0.05, 0.1) is 6.42 Å². The van der Waals surface area contributed by atoms with E-state index in [1.165, 1.54) is 0 Å². The standard InChI is InChI=1S/C25H38O10/c1-19(25(33)35-23(31)17-13-9-5-3-7-11-15-21(28)29)18-24(32)34-22(30)16-12-8-4-2-6-10-14-20(26)27/h1-18H2,(H,26,27)(H,28,29). The van der Waals surface area contributed by atoms with Crippen molar-refractivity contribution in [1.29, 1.82) is 0 Å².